The Hall–Kier alpha value is -1.16. The van der Waals surface area contributed by atoms with Gasteiger partial charge in [-0.2, -0.15) is 0 Å². The molecule has 0 aromatic carbocycles. The van der Waals surface area contributed by atoms with Gasteiger partial charge in [0.25, 0.3) is 0 Å². The summed E-state index contributed by atoms with van der Waals surface area (Å²) in [5.41, 5.74) is 2.40. The Balaban J connectivity index is 1.54. The molecular weight excluding hydrogens is 314 g/mol. The zero-order valence-electron chi connectivity index (χ0n) is 15.5. The first-order valence-corrected chi connectivity index (χ1v) is 10.2. The standard InChI is InChI=1S/C21H31NO3/c1-12(2)5-13-6-16(7-13)21-19(15-3-4-15)20(22-25-21)18-9-14(10-23)8-17(18)11-24/h11-18,23H,3-10H2,1-2H3. The summed E-state index contributed by atoms with van der Waals surface area (Å²) in [5.74, 6) is 4.23. The van der Waals surface area contributed by atoms with Crippen LogP contribution in [0.4, 0.5) is 0 Å². The van der Waals surface area contributed by atoms with E-state index in [1.165, 1.54) is 37.7 Å². The third-order valence-electron chi connectivity index (χ3n) is 6.67. The molecule has 0 amide bonds. The van der Waals surface area contributed by atoms with E-state index in [1.807, 2.05) is 0 Å². The monoisotopic (exact) mass is 345 g/mol. The number of aromatic nitrogens is 1. The number of aliphatic hydroxyl groups excluding tert-OH is 1. The fraction of sp³-hybridized carbons (Fsp3) is 0.810. The van der Waals surface area contributed by atoms with Crippen molar-refractivity contribution in [3.63, 3.8) is 0 Å². The van der Waals surface area contributed by atoms with Gasteiger partial charge >= 0.3 is 0 Å². The highest BCUT2D eigenvalue weighted by atomic mass is 16.5. The molecule has 4 heteroatoms. The van der Waals surface area contributed by atoms with Crippen LogP contribution in [-0.2, 0) is 4.79 Å². The van der Waals surface area contributed by atoms with E-state index in [4.69, 9.17) is 4.52 Å². The van der Waals surface area contributed by atoms with E-state index in [0.717, 1.165) is 42.4 Å². The van der Waals surface area contributed by atoms with Crippen molar-refractivity contribution < 1.29 is 14.4 Å². The minimum Gasteiger partial charge on any atom is -0.396 e. The van der Waals surface area contributed by atoms with Crippen molar-refractivity contribution in [1.82, 2.24) is 5.16 Å². The molecule has 0 radical (unpaired) electrons. The molecule has 3 saturated carbocycles. The fourth-order valence-corrected chi connectivity index (χ4v) is 5.27. The maximum Gasteiger partial charge on any atom is 0.143 e. The lowest BCUT2D eigenvalue weighted by Crippen LogP contribution is -2.23. The van der Waals surface area contributed by atoms with Crippen molar-refractivity contribution in [2.45, 2.75) is 76.5 Å². The highest BCUT2D eigenvalue weighted by Gasteiger charge is 2.44. The van der Waals surface area contributed by atoms with Gasteiger partial charge in [0.05, 0.1) is 5.69 Å². The smallest absolute Gasteiger partial charge is 0.143 e. The van der Waals surface area contributed by atoms with Gasteiger partial charge in [0, 0.05) is 29.9 Å². The zero-order valence-corrected chi connectivity index (χ0v) is 15.5. The van der Waals surface area contributed by atoms with E-state index in [2.05, 4.69) is 19.0 Å². The van der Waals surface area contributed by atoms with E-state index in [0.29, 0.717) is 11.8 Å². The molecule has 4 nitrogen and oxygen atoms in total. The molecule has 3 fully saturated rings. The van der Waals surface area contributed by atoms with Crippen LogP contribution < -0.4 is 0 Å². The summed E-state index contributed by atoms with van der Waals surface area (Å²) in [6.07, 6.45) is 8.96. The largest absolute Gasteiger partial charge is 0.396 e. The summed E-state index contributed by atoms with van der Waals surface area (Å²) in [6.45, 7) is 4.77. The van der Waals surface area contributed by atoms with Gasteiger partial charge in [0.15, 0.2) is 0 Å². The normalized spacial score (nSPS) is 35.1. The average Bonchev–Trinajstić information content (AvgIpc) is 3.16. The molecule has 1 aromatic rings. The van der Waals surface area contributed by atoms with Crippen LogP contribution in [0.15, 0.2) is 4.52 Å². The minimum absolute atomic E-state index is 0.0114. The Morgan fingerprint density at radius 1 is 1.16 bits per heavy atom. The topological polar surface area (TPSA) is 63.3 Å². The predicted molar refractivity (Wildman–Crippen MR) is 95.5 cm³/mol. The number of aldehydes is 1. The van der Waals surface area contributed by atoms with Crippen LogP contribution >= 0.6 is 0 Å². The first-order chi connectivity index (χ1) is 12.1. The van der Waals surface area contributed by atoms with Gasteiger partial charge in [-0.25, -0.2) is 0 Å². The predicted octanol–water partition coefficient (Wildman–Crippen LogP) is 4.39. The Morgan fingerprint density at radius 2 is 1.92 bits per heavy atom. The molecular formula is C21H31NO3. The molecule has 25 heavy (non-hydrogen) atoms. The average molecular weight is 345 g/mol. The van der Waals surface area contributed by atoms with Gasteiger partial charge in [-0.3, -0.25) is 0 Å². The molecule has 4 rings (SSSR count). The molecule has 0 aliphatic heterocycles. The third-order valence-corrected chi connectivity index (χ3v) is 6.67. The SMILES string of the molecule is CC(C)CC1CC(c2onc(C3CC(CO)CC3C=O)c2C2CC2)C1. The number of hydrogen-bond donors (Lipinski definition) is 1. The van der Waals surface area contributed by atoms with Crippen LogP contribution in [0, 0.1) is 23.7 Å². The molecule has 1 heterocycles. The number of nitrogens with zero attached hydrogens (tertiary/aromatic N) is 1. The first kappa shape index (κ1) is 17.3. The molecule has 1 N–H and O–H groups in total. The number of hydrogen-bond acceptors (Lipinski definition) is 4. The Labute approximate surface area is 150 Å². The Kier molecular flexibility index (Phi) is 4.74. The lowest BCUT2D eigenvalue weighted by atomic mass is 9.69. The van der Waals surface area contributed by atoms with Gasteiger partial charge in [0.1, 0.15) is 12.0 Å². The van der Waals surface area contributed by atoms with Gasteiger partial charge in [-0.05, 0) is 68.6 Å². The summed E-state index contributed by atoms with van der Waals surface area (Å²) < 4.78 is 5.90. The van der Waals surface area contributed by atoms with Crippen LogP contribution in [0.25, 0.3) is 0 Å². The van der Waals surface area contributed by atoms with Crippen molar-refractivity contribution in [3.05, 3.63) is 17.0 Å². The highest BCUT2D eigenvalue weighted by molar-refractivity contribution is 5.57. The molecule has 0 spiro atoms. The van der Waals surface area contributed by atoms with Crippen molar-refractivity contribution in [3.8, 4) is 0 Å². The van der Waals surface area contributed by atoms with Gasteiger partial charge in [-0.1, -0.05) is 19.0 Å². The first-order valence-electron chi connectivity index (χ1n) is 10.2. The maximum atomic E-state index is 11.6. The lowest BCUT2D eigenvalue weighted by molar-refractivity contribution is -0.111. The fourth-order valence-electron chi connectivity index (χ4n) is 5.27. The van der Waals surface area contributed by atoms with E-state index in [9.17, 15) is 9.90 Å². The van der Waals surface area contributed by atoms with Crippen LogP contribution in [-0.4, -0.2) is 23.2 Å². The van der Waals surface area contributed by atoms with Crippen LogP contribution in [0.3, 0.4) is 0 Å². The molecule has 3 aliphatic rings. The number of carbonyl (C=O) groups is 1. The van der Waals surface area contributed by atoms with E-state index >= 15 is 0 Å². The quantitative estimate of drug-likeness (QED) is 0.744. The summed E-state index contributed by atoms with van der Waals surface area (Å²) in [5, 5.41) is 14.0. The van der Waals surface area contributed by atoms with Gasteiger partial charge in [-0.15, -0.1) is 0 Å². The molecule has 0 bridgehead atoms. The van der Waals surface area contributed by atoms with E-state index in [1.54, 1.807) is 0 Å². The zero-order chi connectivity index (χ0) is 17.6. The summed E-state index contributed by atoms with van der Waals surface area (Å²) in [7, 11) is 0. The van der Waals surface area contributed by atoms with Gasteiger partial charge in [0.2, 0.25) is 0 Å². The molecule has 0 saturated heterocycles. The molecule has 138 valence electrons. The molecule has 1 aromatic heterocycles. The van der Waals surface area contributed by atoms with Crippen molar-refractivity contribution in [2.75, 3.05) is 6.61 Å². The Bertz CT molecular complexity index is 613. The van der Waals surface area contributed by atoms with E-state index in [-0.39, 0.29) is 24.4 Å². The third kappa shape index (κ3) is 3.30. The van der Waals surface area contributed by atoms with Gasteiger partial charge < -0.3 is 14.4 Å². The van der Waals surface area contributed by atoms with Crippen molar-refractivity contribution >= 4 is 6.29 Å². The number of aliphatic hydroxyl groups is 1. The second-order valence-corrected chi connectivity index (χ2v) is 9.21. The van der Waals surface area contributed by atoms with Crippen LogP contribution in [0.1, 0.15) is 93.6 Å². The lowest BCUT2D eigenvalue weighted by Gasteiger charge is -2.35. The summed E-state index contributed by atoms with van der Waals surface area (Å²) in [4.78, 5) is 11.6. The maximum absolute atomic E-state index is 11.6. The van der Waals surface area contributed by atoms with Crippen molar-refractivity contribution in [1.29, 1.82) is 0 Å². The Morgan fingerprint density at radius 3 is 2.52 bits per heavy atom. The summed E-state index contributed by atoms with van der Waals surface area (Å²) in [6, 6.07) is 0. The van der Waals surface area contributed by atoms with E-state index < -0.39 is 0 Å². The minimum atomic E-state index is -0.0114. The molecule has 3 atom stereocenters. The molecule has 3 aliphatic carbocycles. The van der Waals surface area contributed by atoms with Crippen LogP contribution in [0.2, 0.25) is 0 Å². The summed E-state index contributed by atoms with van der Waals surface area (Å²) >= 11 is 0. The molecule has 3 unspecified atom stereocenters. The number of rotatable bonds is 7. The van der Waals surface area contributed by atoms with Crippen LogP contribution in [0.5, 0.6) is 0 Å². The highest BCUT2D eigenvalue weighted by Crippen LogP contribution is 2.54. The number of carbonyl (C=O) groups excluding carboxylic acids is 1. The second-order valence-electron chi connectivity index (χ2n) is 9.21. The van der Waals surface area contributed by atoms with Crippen molar-refractivity contribution in [2.24, 2.45) is 23.7 Å². The second kappa shape index (κ2) is 6.86.